The van der Waals surface area contributed by atoms with Crippen LogP contribution in [0.15, 0.2) is 4.99 Å². The van der Waals surface area contributed by atoms with Crippen molar-refractivity contribution in [1.82, 2.24) is 10.2 Å². The first-order chi connectivity index (χ1) is 10.1. The number of sulfone groups is 1. The molecule has 1 saturated carbocycles. The van der Waals surface area contributed by atoms with E-state index in [4.69, 9.17) is 0 Å². The van der Waals surface area contributed by atoms with Gasteiger partial charge in [-0.05, 0) is 36.5 Å². The molecule has 5 nitrogen and oxygen atoms in total. The molecule has 0 atom stereocenters. The van der Waals surface area contributed by atoms with E-state index in [9.17, 15) is 8.42 Å². The maximum Gasteiger partial charge on any atom is 0.193 e. The predicted molar refractivity (Wildman–Crippen MR) is 91.9 cm³/mol. The summed E-state index contributed by atoms with van der Waals surface area (Å²) >= 11 is 0. The van der Waals surface area contributed by atoms with Gasteiger partial charge >= 0.3 is 0 Å². The predicted octanol–water partition coefficient (Wildman–Crippen LogP) is 1.90. The fraction of sp³-hybridized carbons (Fsp3) is 0.938. The summed E-state index contributed by atoms with van der Waals surface area (Å²) in [4.78, 5) is 6.79. The minimum Gasteiger partial charge on any atom is -0.356 e. The lowest BCUT2D eigenvalue weighted by Gasteiger charge is -2.38. The highest BCUT2D eigenvalue weighted by Gasteiger charge is 2.43. The minimum atomic E-state index is -2.90. The Bertz CT molecular complexity index is 522. The summed E-state index contributed by atoms with van der Waals surface area (Å²) in [6.07, 6.45) is 7.35. The van der Waals surface area contributed by atoms with Crippen LogP contribution in [0, 0.1) is 10.8 Å². The summed E-state index contributed by atoms with van der Waals surface area (Å²) in [6.45, 7) is 7.17. The molecule has 1 heterocycles. The zero-order chi connectivity index (χ0) is 16.4. The van der Waals surface area contributed by atoms with Gasteiger partial charge in [0.25, 0.3) is 0 Å². The Morgan fingerprint density at radius 2 is 2.00 bits per heavy atom. The van der Waals surface area contributed by atoms with Gasteiger partial charge in [0.2, 0.25) is 0 Å². The van der Waals surface area contributed by atoms with E-state index >= 15 is 0 Å². The van der Waals surface area contributed by atoms with Gasteiger partial charge in [-0.1, -0.05) is 20.3 Å². The van der Waals surface area contributed by atoms with Crippen molar-refractivity contribution >= 4 is 15.8 Å². The van der Waals surface area contributed by atoms with E-state index in [1.54, 1.807) is 0 Å². The Morgan fingerprint density at radius 1 is 1.32 bits per heavy atom. The topological polar surface area (TPSA) is 61.8 Å². The first-order valence-corrected chi connectivity index (χ1v) is 10.3. The van der Waals surface area contributed by atoms with Gasteiger partial charge in [0, 0.05) is 32.9 Å². The van der Waals surface area contributed by atoms with Crippen LogP contribution in [-0.4, -0.2) is 58.0 Å². The van der Waals surface area contributed by atoms with E-state index in [1.165, 1.54) is 31.9 Å². The van der Waals surface area contributed by atoms with Crippen LogP contribution in [0.2, 0.25) is 0 Å². The van der Waals surface area contributed by atoms with Crippen molar-refractivity contribution in [3.8, 4) is 0 Å². The van der Waals surface area contributed by atoms with Gasteiger partial charge in [0.05, 0.1) is 5.75 Å². The number of rotatable bonds is 5. The van der Waals surface area contributed by atoms with Crippen LogP contribution in [0.5, 0.6) is 0 Å². The van der Waals surface area contributed by atoms with Crippen LogP contribution in [-0.2, 0) is 9.84 Å². The van der Waals surface area contributed by atoms with Crippen molar-refractivity contribution in [2.45, 2.75) is 46.0 Å². The molecule has 1 spiro atoms. The molecule has 0 radical (unpaired) electrons. The van der Waals surface area contributed by atoms with E-state index in [-0.39, 0.29) is 11.2 Å². The standard InChI is InChI=1S/C16H31N3O2S/c1-15(2,9-11-22(4,20)21)12-18-14(17-3)19-10-8-16(13-19)6-5-7-16/h5-13H2,1-4H3,(H,17,18). The molecule has 22 heavy (non-hydrogen) atoms. The quantitative estimate of drug-likeness (QED) is 0.618. The first-order valence-electron chi connectivity index (χ1n) is 8.28. The van der Waals surface area contributed by atoms with E-state index in [0.29, 0.717) is 11.8 Å². The number of guanidine groups is 1. The molecular weight excluding hydrogens is 298 g/mol. The highest BCUT2D eigenvalue weighted by Crippen LogP contribution is 2.47. The molecule has 0 aromatic heterocycles. The van der Waals surface area contributed by atoms with Crippen LogP contribution in [0.4, 0.5) is 0 Å². The molecule has 0 aromatic rings. The summed E-state index contributed by atoms with van der Waals surface area (Å²) in [6, 6.07) is 0. The number of aliphatic imine (C=N–C) groups is 1. The Hall–Kier alpha value is -0.780. The normalized spacial score (nSPS) is 22.0. The molecule has 0 amide bonds. The smallest absolute Gasteiger partial charge is 0.193 e. The molecule has 2 fully saturated rings. The van der Waals surface area contributed by atoms with Crippen molar-refractivity contribution in [2.24, 2.45) is 15.8 Å². The van der Waals surface area contributed by atoms with Crippen molar-refractivity contribution in [1.29, 1.82) is 0 Å². The van der Waals surface area contributed by atoms with Crippen LogP contribution >= 0.6 is 0 Å². The van der Waals surface area contributed by atoms with Gasteiger partial charge in [0.1, 0.15) is 9.84 Å². The SMILES string of the molecule is CN=C(NCC(C)(C)CCS(C)(=O)=O)N1CCC2(CCC2)C1. The number of hydrogen-bond acceptors (Lipinski definition) is 3. The molecule has 2 rings (SSSR count). The average molecular weight is 330 g/mol. The molecule has 6 heteroatoms. The third kappa shape index (κ3) is 4.61. The molecule has 2 aliphatic rings. The van der Waals surface area contributed by atoms with Crippen LogP contribution in [0.25, 0.3) is 0 Å². The summed E-state index contributed by atoms with van der Waals surface area (Å²) in [7, 11) is -1.07. The third-order valence-corrected chi connectivity index (χ3v) is 6.18. The molecule has 0 aromatic carbocycles. The Balaban J connectivity index is 1.83. The molecule has 128 valence electrons. The lowest BCUT2D eigenvalue weighted by molar-refractivity contribution is 0.151. The fourth-order valence-corrected chi connectivity index (χ4v) is 4.32. The Labute approximate surface area is 135 Å². The summed E-state index contributed by atoms with van der Waals surface area (Å²) < 4.78 is 22.7. The monoisotopic (exact) mass is 329 g/mol. The van der Waals surface area contributed by atoms with Crippen LogP contribution in [0.1, 0.15) is 46.0 Å². The second-order valence-corrected chi connectivity index (χ2v) is 10.2. The summed E-state index contributed by atoms with van der Waals surface area (Å²) in [5, 5.41) is 3.45. The van der Waals surface area contributed by atoms with Crippen molar-refractivity contribution in [2.75, 3.05) is 38.7 Å². The minimum absolute atomic E-state index is 0.0626. The lowest BCUT2D eigenvalue weighted by atomic mass is 9.68. The zero-order valence-corrected chi connectivity index (χ0v) is 15.3. The van der Waals surface area contributed by atoms with Gasteiger partial charge in [-0.25, -0.2) is 8.42 Å². The van der Waals surface area contributed by atoms with Gasteiger partial charge in [-0.15, -0.1) is 0 Å². The molecule has 1 aliphatic carbocycles. The first kappa shape index (κ1) is 17.6. The highest BCUT2D eigenvalue weighted by molar-refractivity contribution is 7.90. The van der Waals surface area contributed by atoms with E-state index in [0.717, 1.165) is 25.6 Å². The number of nitrogens with one attached hydrogen (secondary N) is 1. The molecule has 0 unspecified atom stereocenters. The largest absolute Gasteiger partial charge is 0.356 e. The zero-order valence-electron chi connectivity index (χ0n) is 14.5. The maximum atomic E-state index is 11.3. The summed E-state index contributed by atoms with van der Waals surface area (Å²) in [5.41, 5.74) is 0.496. The number of nitrogens with zero attached hydrogens (tertiary/aromatic N) is 2. The van der Waals surface area contributed by atoms with Gasteiger partial charge in [-0.2, -0.15) is 0 Å². The number of hydrogen-bond donors (Lipinski definition) is 1. The highest BCUT2D eigenvalue weighted by atomic mass is 32.2. The van der Waals surface area contributed by atoms with Crippen LogP contribution in [0.3, 0.4) is 0 Å². The van der Waals surface area contributed by atoms with Gasteiger partial charge in [0.15, 0.2) is 5.96 Å². The Morgan fingerprint density at radius 3 is 2.45 bits per heavy atom. The lowest BCUT2D eigenvalue weighted by Crippen LogP contribution is -2.45. The second kappa shape index (κ2) is 6.38. The molecular formula is C16H31N3O2S. The molecule has 0 bridgehead atoms. The maximum absolute atomic E-state index is 11.3. The summed E-state index contributed by atoms with van der Waals surface area (Å²) in [5.74, 6) is 1.21. The number of likely N-dealkylation sites (tertiary alicyclic amines) is 1. The van der Waals surface area contributed by atoms with E-state index < -0.39 is 9.84 Å². The fourth-order valence-electron chi connectivity index (χ4n) is 3.40. The third-order valence-electron chi connectivity index (χ3n) is 5.24. The molecule has 1 saturated heterocycles. The second-order valence-electron chi connectivity index (χ2n) is 7.97. The van der Waals surface area contributed by atoms with Crippen molar-refractivity contribution in [3.63, 3.8) is 0 Å². The van der Waals surface area contributed by atoms with Crippen LogP contribution < -0.4 is 5.32 Å². The molecule has 1 N–H and O–H groups in total. The van der Waals surface area contributed by atoms with E-state index in [1.807, 2.05) is 7.05 Å². The Kier molecular flexibility index (Phi) is 5.09. The van der Waals surface area contributed by atoms with Gasteiger partial charge in [-0.3, -0.25) is 4.99 Å². The van der Waals surface area contributed by atoms with E-state index in [2.05, 4.69) is 29.1 Å². The molecule has 1 aliphatic heterocycles. The van der Waals surface area contributed by atoms with Gasteiger partial charge < -0.3 is 10.2 Å². The van der Waals surface area contributed by atoms with Crippen molar-refractivity contribution < 1.29 is 8.42 Å². The van der Waals surface area contributed by atoms with Crippen molar-refractivity contribution in [3.05, 3.63) is 0 Å². The average Bonchev–Trinajstić information content (AvgIpc) is 2.82.